The Balaban J connectivity index is 1.79. The number of aliphatic hydroxyl groups excluding tert-OH is 1. The Bertz CT molecular complexity index is 679. The van der Waals surface area contributed by atoms with Crippen molar-refractivity contribution in [1.29, 1.82) is 0 Å². The van der Waals surface area contributed by atoms with E-state index in [4.69, 9.17) is 16.3 Å². The molecule has 5 nitrogen and oxygen atoms in total. The zero-order chi connectivity index (χ0) is 17.4. The number of ether oxygens (including phenoxy) is 1. The highest BCUT2D eigenvalue weighted by molar-refractivity contribution is 6.31. The summed E-state index contributed by atoms with van der Waals surface area (Å²) in [5.74, 6) is 0. The van der Waals surface area contributed by atoms with E-state index in [9.17, 15) is 9.90 Å². The number of urea groups is 1. The van der Waals surface area contributed by atoms with Gasteiger partial charge >= 0.3 is 6.03 Å². The highest BCUT2D eigenvalue weighted by Crippen LogP contribution is 2.21. The van der Waals surface area contributed by atoms with Crippen LogP contribution in [0.1, 0.15) is 22.8 Å². The number of halogens is 1. The number of benzene rings is 2. The smallest absolute Gasteiger partial charge is 0.315 e. The SMILES string of the molecule is COCc1cccc(CNC(=O)NC[C@@H](O)c2ccccc2Cl)c1. The molecule has 2 aromatic carbocycles. The minimum Gasteiger partial charge on any atom is -0.387 e. The highest BCUT2D eigenvalue weighted by Gasteiger charge is 2.12. The van der Waals surface area contributed by atoms with Crippen molar-refractivity contribution in [3.63, 3.8) is 0 Å². The lowest BCUT2D eigenvalue weighted by molar-refractivity contribution is 0.173. The van der Waals surface area contributed by atoms with Crippen LogP contribution in [-0.4, -0.2) is 24.8 Å². The zero-order valence-electron chi connectivity index (χ0n) is 13.5. The van der Waals surface area contributed by atoms with Gasteiger partial charge in [-0.1, -0.05) is 54.1 Å². The van der Waals surface area contributed by atoms with Gasteiger partial charge in [-0.25, -0.2) is 4.79 Å². The molecule has 0 aliphatic heterocycles. The van der Waals surface area contributed by atoms with Crippen molar-refractivity contribution in [2.24, 2.45) is 0 Å². The third-order valence-corrected chi connectivity index (χ3v) is 3.82. The molecule has 2 aromatic rings. The van der Waals surface area contributed by atoms with E-state index in [0.717, 1.165) is 11.1 Å². The molecule has 0 saturated carbocycles. The van der Waals surface area contributed by atoms with Crippen LogP contribution >= 0.6 is 11.6 Å². The zero-order valence-corrected chi connectivity index (χ0v) is 14.2. The average molecular weight is 349 g/mol. The van der Waals surface area contributed by atoms with Crippen LogP contribution in [0.5, 0.6) is 0 Å². The van der Waals surface area contributed by atoms with Gasteiger partial charge in [0, 0.05) is 30.8 Å². The van der Waals surface area contributed by atoms with Gasteiger partial charge in [-0.3, -0.25) is 0 Å². The number of aliphatic hydroxyl groups is 1. The standard InChI is InChI=1S/C18H21ClN2O3/c1-24-12-14-6-4-5-13(9-14)10-20-18(23)21-11-17(22)15-7-2-3-8-16(15)19/h2-9,17,22H,10-12H2,1H3,(H2,20,21,23)/t17-/m1/s1. The second-order valence-electron chi connectivity index (χ2n) is 5.35. The minimum absolute atomic E-state index is 0.0826. The van der Waals surface area contributed by atoms with E-state index in [0.29, 0.717) is 23.7 Å². The number of carbonyl (C=O) groups is 1. The second kappa shape index (κ2) is 9.27. The van der Waals surface area contributed by atoms with Crippen molar-refractivity contribution in [1.82, 2.24) is 10.6 Å². The molecule has 128 valence electrons. The molecule has 2 rings (SSSR count). The van der Waals surface area contributed by atoms with E-state index in [-0.39, 0.29) is 12.6 Å². The van der Waals surface area contributed by atoms with Crippen LogP contribution in [0.4, 0.5) is 4.79 Å². The molecule has 1 atom stereocenters. The van der Waals surface area contributed by atoms with Crippen LogP contribution in [0.3, 0.4) is 0 Å². The van der Waals surface area contributed by atoms with Crippen LogP contribution in [0, 0.1) is 0 Å². The maximum atomic E-state index is 11.9. The summed E-state index contributed by atoms with van der Waals surface area (Å²) < 4.78 is 5.09. The molecule has 24 heavy (non-hydrogen) atoms. The summed E-state index contributed by atoms with van der Waals surface area (Å²) in [6.45, 7) is 1.01. The van der Waals surface area contributed by atoms with Gasteiger partial charge in [-0.05, 0) is 17.2 Å². The molecular formula is C18H21ClN2O3. The maximum Gasteiger partial charge on any atom is 0.315 e. The van der Waals surface area contributed by atoms with E-state index in [1.165, 1.54) is 0 Å². The maximum absolute atomic E-state index is 11.9. The van der Waals surface area contributed by atoms with Crippen molar-refractivity contribution >= 4 is 17.6 Å². The Morgan fingerprint density at radius 2 is 1.92 bits per heavy atom. The van der Waals surface area contributed by atoms with Crippen molar-refractivity contribution < 1.29 is 14.6 Å². The van der Waals surface area contributed by atoms with Gasteiger partial charge < -0.3 is 20.5 Å². The molecule has 0 fully saturated rings. The quantitative estimate of drug-likeness (QED) is 0.720. The van der Waals surface area contributed by atoms with E-state index >= 15 is 0 Å². The van der Waals surface area contributed by atoms with Gasteiger partial charge in [0.25, 0.3) is 0 Å². The fraction of sp³-hybridized carbons (Fsp3) is 0.278. The molecule has 0 aliphatic carbocycles. The van der Waals surface area contributed by atoms with Crippen LogP contribution < -0.4 is 10.6 Å². The van der Waals surface area contributed by atoms with E-state index in [1.807, 2.05) is 24.3 Å². The molecule has 3 N–H and O–H groups in total. The molecule has 0 heterocycles. The molecule has 0 unspecified atom stereocenters. The van der Waals surface area contributed by atoms with Gasteiger partial charge in [0.15, 0.2) is 0 Å². The molecular weight excluding hydrogens is 328 g/mol. The number of nitrogens with one attached hydrogen (secondary N) is 2. The molecule has 0 saturated heterocycles. The number of carbonyl (C=O) groups excluding carboxylic acids is 1. The average Bonchev–Trinajstić information content (AvgIpc) is 2.59. The van der Waals surface area contributed by atoms with Crippen molar-refractivity contribution in [2.45, 2.75) is 19.3 Å². The first kappa shape index (κ1) is 18.3. The lowest BCUT2D eigenvalue weighted by atomic mass is 10.1. The lowest BCUT2D eigenvalue weighted by Gasteiger charge is -2.14. The fourth-order valence-electron chi connectivity index (χ4n) is 2.29. The molecule has 0 bridgehead atoms. The summed E-state index contributed by atoms with van der Waals surface area (Å²) in [4.78, 5) is 11.9. The molecule has 2 amide bonds. The summed E-state index contributed by atoms with van der Waals surface area (Å²) in [6, 6.07) is 14.4. The monoisotopic (exact) mass is 348 g/mol. The number of amides is 2. The van der Waals surface area contributed by atoms with Gasteiger partial charge in [-0.2, -0.15) is 0 Å². The second-order valence-corrected chi connectivity index (χ2v) is 5.76. The topological polar surface area (TPSA) is 70.6 Å². The van der Waals surface area contributed by atoms with Gasteiger partial charge in [-0.15, -0.1) is 0 Å². The number of rotatable bonds is 7. The summed E-state index contributed by atoms with van der Waals surface area (Å²) >= 11 is 6.02. The Hall–Kier alpha value is -2.08. The van der Waals surface area contributed by atoms with Crippen LogP contribution in [0.25, 0.3) is 0 Å². The predicted octanol–water partition coefficient (Wildman–Crippen LogP) is 3.02. The Morgan fingerprint density at radius 3 is 2.67 bits per heavy atom. The normalized spacial score (nSPS) is 11.8. The summed E-state index contributed by atoms with van der Waals surface area (Å²) in [6.07, 6.45) is -0.852. The lowest BCUT2D eigenvalue weighted by Crippen LogP contribution is -2.37. The third-order valence-electron chi connectivity index (χ3n) is 3.48. The van der Waals surface area contributed by atoms with Gasteiger partial charge in [0.2, 0.25) is 0 Å². The largest absolute Gasteiger partial charge is 0.387 e. The highest BCUT2D eigenvalue weighted by atomic mass is 35.5. The summed E-state index contributed by atoms with van der Waals surface area (Å²) in [5, 5.41) is 16.0. The van der Waals surface area contributed by atoms with E-state index < -0.39 is 6.10 Å². The molecule has 0 aliphatic rings. The summed E-state index contributed by atoms with van der Waals surface area (Å²) in [5.41, 5.74) is 2.62. The van der Waals surface area contributed by atoms with E-state index in [2.05, 4.69) is 10.6 Å². The van der Waals surface area contributed by atoms with Gasteiger partial charge in [0.05, 0.1) is 12.7 Å². The van der Waals surface area contributed by atoms with E-state index in [1.54, 1.807) is 31.4 Å². The first-order valence-corrected chi connectivity index (χ1v) is 7.99. The molecule has 6 heteroatoms. The fourth-order valence-corrected chi connectivity index (χ4v) is 2.55. The van der Waals surface area contributed by atoms with Crippen molar-refractivity contribution in [3.8, 4) is 0 Å². The third kappa shape index (κ3) is 5.53. The Kier molecular flexibility index (Phi) is 7.06. The summed E-state index contributed by atoms with van der Waals surface area (Å²) in [7, 11) is 1.64. The number of methoxy groups -OCH3 is 1. The van der Waals surface area contributed by atoms with Crippen LogP contribution in [0.2, 0.25) is 5.02 Å². The molecule has 0 radical (unpaired) electrons. The number of hydrogen-bond acceptors (Lipinski definition) is 3. The first-order chi connectivity index (χ1) is 11.6. The predicted molar refractivity (Wildman–Crippen MR) is 93.8 cm³/mol. The van der Waals surface area contributed by atoms with Gasteiger partial charge in [0.1, 0.15) is 0 Å². The van der Waals surface area contributed by atoms with Crippen LogP contribution in [-0.2, 0) is 17.9 Å². The minimum atomic E-state index is -0.852. The Labute approximate surface area is 146 Å². The molecule has 0 aromatic heterocycles. The van der Waals surface area contributed by atoms with Crippen LogP contribution in [0.15, 0.2) is 48.5 Å². The first-order valence-electron chi connectivity index (χ1n) is 7.61. The van der Waals surface area contributed by atoms with Crippen molar-refractivity contribution in [3.05, 3.63) is 70.2 Å². The Morgan fingerprint density at radius 1 is 1.17 bits per heavy atom. The number of hydrogen-bond donors (Lipinski definition) is 3. The molecule has 0 spiro atoms. The van der Waals surface area contributed by atoms with Crippen molar-refractivity contribution in [2.75, 3.05) is 13.7 Å².